The van der Waals surface area contributed by atoms with Crippen LogP contribution >= 0.6 is 31.9 Å². The fourth-order valence-electron chi connectivity index (χ4n) is 0.808. The van der Waals surface area contributed by atoms with Crippen LogP contribution in [-0.4, -0.2) is 0 Å². The van der Waals surface area contributed by atoms with E-state index in [-0.39, 0.29) is 20.2 Å². The first kappa shape index (κ1) is 10.8. The number of anilines is 1. The van der Waals surface area contributed by atoms with Crippen molar-refractivity contribution in [3.05, 3.63) is 26.4 Å². The van der Waals surface area contributed by atoms with Crippen molar-refractivity contribution < 1.29 is 13.2 Å². The molecule has 13 heavy (non-hydrogen) atoms. The van der Waals surface area contributed by atoms with Crippen LogP contribution in [0.15, 0.2) is 15.0 Å². The van der Waals surface area contributed by atoms with Crippen LogP contribution in [0, 0.1) is 5.82 Å². The molecule has 2 N–H and O–H groups in total. The van der Waals surface area contributed by atoms with Gasteiger partial charge in [0.25, 0.3) is 6.43 Å². The van der Waals surface area contributed by atoms with Gasteiger partial charge in [-0.05, 0) is 37.9 Å². The highest BCUT2D eigenvalue weighted by molar-refractivity contribution is 9.11. The molecule has 0 aliphatic carbocycles. The summed E-state index contributed by atoms with van der Waals surface area (Å²) in [5.41, 5.74) is 4.61. The summed E-state index contributed by atoms with van der Waals surface area (Å²) in [6, 6.07) is 0.972. The Morgan fingerprint density at radius 1 is 1.31 bits per heavy atom. The Balaban J connectivity index is 3.41. The Morgan fingerprint density at radius 3 is 2.31 bits per heavy atom. The maximum Gasteiger partial charge on any atom is 0.265 e. The highest BCUT2D eigenvalue weighted by Crippen LogP contribution is 2.36. The highest BCUT2D eigenvalue weighted by Gasteiger charge is 2.18. The predicted octanol–water partition coefficient (Wildman–Crippen LogP) is 3.87. The lowest BCUT2D eigenvalue weighted by atomic mass is 10.2. The van der Waals surface area contributed by atoms with E-state index in [0.29, 0.717) is 0 Å². The molecule has 0 saturated carbocycles. The number of hydrogen-bond acceptors (Lipinski definition) is 1. The highest BCUT2D eigenvalue weighted by atomic mass is 79.9. The minimum atomic E-state index is -2.71. The lowest BCUT2D eigenvalue weighted by Gasteiger charge is -2.08. The van der Waals surface area contributed by atoms with Crippen molar-refractivity contribution in [1.82, 2.24) is 0 Å². The molecule has 6 heteroatoms. The van der Waals surface area contributed by atoms with E-state index in [0.717, 1.165) is 6.07 Å². The maximum atomic E-state index is 13.0. The fourth-order valence-corrected chi connectivity index (χ4v) is 1.96. The average Bonchev–Trinajstić information content (AvgIpc) is 2.07. The summed E-state index contributed by atoms with van der Waals surface area (Å²) in [4.78, 5) is 0. The van der Waals surface area contributed by atoms with Gasteiger partial charge in [-0.2, -0.15) is 0 Å². The molecule has 0 fully saturated rings. The molecular formula is C7H4Br2F3N. The Hall–Kier alpha value is -0.230. The SMILES string of the molecule is Nc1c(C(F)F)cc(Br)c(F)c1Br. The zero-order valence-electron chi connectivity index (χ0n) is 6.12. The Morgan fingerprint density at radius 2 is 1.85 bits per heavy atom. The van der Waals surface area contributed by atoms with Gasteiger partial charge in [-0.15, -0.1) is 0 Å². The largest absolute Gasteiger partial charge is 0.397 e. The Labute approximate surface area is 89.4 Å². The van der Waals surface area contributed by atoms with E-state index >= 15 is 0 Å². The van der Waals surface area contributed by atoms with Crippen LogP contribution in [0.1, 0.15) is 12.0 Å². The maximum absolute atomic E-state index is 13.0. The molecule has 1 rings (SSSR count). The quantitative estimate of drug-likeness (QED) is 0.617. The normalized spacial score (nSPS) is 10.9. The van der Waals surface area contributed by atoms with Crippen LogP contribution in [0.5, 0.6) is 0 Å². The first-order valence-corrected chi connectivity index (χ1v) is 4.74. The van der Waals surface area contributed by atoms with Gasteiger partial charge in [0.2, 0.25) is 0 Å². The molecule has 0 aliphatic heterocycles. The summed E-state index contributed by atoms with van der Waals surface area (Å²) in [5.74, 6) is -0.679. The van der Waals surface area contributed by atoms with Gasteiger partial charge >= 0.3 is 0 Å². The van der Waals surface area contributed by atoms with Crippen LogP contribution < -0.4 is 5.73 Å². The van der Waals surface area contributed by atoms with E-state index < -0.39 is 12.2 Å². The second kappa shape index (κ2) is 3.88. The number of benzene rings is 1. The van der Waals surface area contributed by atoms with Crippen LogP contribution in [-0.2, 0) is 0 Å². The van der Waals surface area contributed by atoms with Crippen molar-refractivity contribution in [2.75, 3.05) is 5.73 Å². The van der Waals surface area contributed by atoms with E-state index in [1.165, 1.54) is 0 Å². The number of nitrogens with two attached hydrogens (primary N) is 1. The number of hydrogen-bond donors (Lipinski definition) is 1. The monoisotopic (exact) mass is 317 g/mol. The standard InChI is InChI=1S/C7H4Br2F3N/c8-3-1-2(7(11)12)6(13)4(9)5(3)10/h1,7H,13H2. The number of halogens is 5. The van der Waals surface area contributed by atoms with Gasteiger partial charge in [0.1, 0.15) is 0 Å². The van der Waals surface area contributed by atoms with Gasteiger partial charge in [0, 0.05) is 5.56 Å². The summed E-state index contributed by atoms with van der Waals surface area (Å²) < 4.78 is 37.4. The molecule has 0 bridgehead atoms. The molecule has 0 heterocycles. The van der Waals surface area contributed by atoms with Crippen molar-refractivity contribution in [3.8, 4) is 0 Å². The molecule has 0 spiro atoms. The molecular weight excluding hydrogens is 315 g/mol. The van der Waals surface area contributed by atoms with Crippen LogP contribution in [0.4, 0.5) is 18.9 Å². The van der Waals surface area contributed by atoms with Gasteiger partial charge in [-0.1, -0.05) is 0 Å². The molecule has 0 aliphatic rings. The minimum Gasteiger partial charge on any atom is -0.397 e. The molecule has 0 radical (unpaired) electrons. The second-order valence-electron chi connectivity index (χ2n) is 2.29. The first-order chi connectivity index (χ1) is 5.95. The molecule has 1 aromatic rings. The van der Waals surface area contributed by atoms with Crippen molar-refractivity contribution in [2.45, 2.75) is 6.43 Å². The van der Waals surface area contributed by atoms with Crippen LogP contribution in [0.3, 0.4) is 0 Å². The summed E-state index contributed by atoms with van der Waals surface area (Å²) in [7, 11) is 0. The average molecular weight is 319 g/mol. The van der Waals surface area contributed by atoms with Gasteiger partial charge in [-0.25, -0.2) is 13.2 Å². The third kappa shape index (κ3) is 1.99. The van der Waals surface area contributed by atoms with Crippen LogP contribution in [0.25, 0.3) is 0 Å². The molecule has 0 unspecified atom stereocenters. The summed E-state index contributed by atoms with van der Waals surface area (Å²) in [6.07, 6.45) is -2.71. The molecule has 0 aromatic heterocycles. The van der Waals surface area contributed by atoms with Crippen molar-refractivity contribution in [1.29, 1.82) is 0 Å². The first-order valence-electron chi connectivity index (χ1n) is 3.16. The molecule has 0 atom stereocenters. The van der Waals surface area contributed by atoms with Crippen molar-refractivity contribution >= 4 is 37.5 Å². The topological polar surface area (TPSA) is 26.0 Å². The smallest absolute Gasteiger partial charge is 0.265 e. The molecule has 0 amide bonds. The number of nitrogen functional groups attached to an aromatic ring is 1. The van der Waals surface area contributed by atoms with Crippen molar-refractivity contribution in [2.24, 2.45) is 0 Å². The van der Waals surface area contributed by atoms with Gasteiger partial charge in [0.15, 0.2) is 5.82 Å². The lowest BCUT2D eigenvalue weighted by Crippen LogP contribution is -1.98. The third-order valence-corrected chi connectivity index (χ3v) is 2.82. The zero-order valence-corrected chi connectivity index (χ0v) is 9.29. The summed E-state index contributed by atoms with van der Waals surface area (Å²) in [5, 5.41) is 0. The van der Waals surface area contributed by atoms with Crippen LogP contribution in [0.2, 0.25) is 0 Å². The van der Waals surface area contributed by atoms with Gasteiger partial charge < -0.3 is 5.73 Å². The third-order valence-electron chi connectivity index (χ3n) is 1.47. The fraction of sp³-hybridized carbons (Fsp3) is 0.143. The number of alkyl halides is 2. The van der Waals surface area contributed by atoms with E-state index in [9.17, 15) is 13.2 Å². The molecule has 0 saturated heterocycles. The minimum absolute atomic E-state index is 0.0381. The van der Waals surface area contributed by atoms with Crippen molar-refractivity contribution in [3.63, 3.8) is 0 Å². The Kier molecular flexibility index (Phi) is 3.23. The second-order valence-corrected chi connectivity index (χ2v) is 3.94. The summed E-state index contributed by atoms with van der Waals surface area (Å²) in [6.45, 7) is 0. The molecule has 1 nitrogen and oxygen atoms in total. The van der Waals surface area contributed by atoms with E-state index in [1.807, 2.05) is 0 Å². The number of rotatable bonds is 1. The van der Waals surface area contributed by atoms with Gasteiger partial charge in [-0.3, -0.25) is 0 Å². The van der Waals surface area contributed by atoms with Gasteiger partial charge in [0.05, 0.1) is 14.6 Å². The summed E-state index contributed by atoms with van der Waals surface area (Å²) >= 11 is 5.59. The van der Waals surface area contributed by atoms with E-state index in [4.69, 9.17) is 5.73 Å². The molecule has 1 aromatic carbocycles. The van der Waals surface area contributed by atoms with E-state index in [1.54, 1.807) is 0 Å². The van der Waals surface area contributed by atoms with E-state index in [2.05, 4.69) is 31.9 Å². The lowest BCUT2D eigenvalue weighted by molar-refractivity contribution is 0.152. The zero-order chi connectivity index (χ0) is 10.2. The Bertz CT molecular complexity index is 341. The molecule has 72 valence electrons. The predicted molar refractivity (Wildman–Crippen MR) is 51.2 cm³/mol.